The van der Waals surface area contributed by atoms with E-state index in [0.29, 0.717) is 38.0 Å². The summed E-state index contributed by atoms with van der Waals surface area (Å²) in [6, 6.07) is 11.9. The Labute approximate surface area is 187 Å². The lowest BCUT2D eigenvalue weighted by molar-refractivity contribution is 0.223. The second kappa shape index (κ2) is 11.7. The number of fused-ring (bicyclic) bond motifs is 1. The maximum absolute atomic E-state index is 13.0. The van der Waals surface area contributed by atoms with E-state index >= 15 is 0 Å². The molecule has 0 bridgehead atoms. The zero-order valence-electron chi connectivity index (χ0n) is 16.6. The lowest BCUT2D eigenvalue weighted by Crippen LogP contribution is -2.41. The van der Waals surface area contributed by atoms with Crippen molar-refractivity contribution in [1.82, 2.24) is 10.6 Å². The number of nitrogens with one attached hydrogen (secondary N) is 2. The normalized spacial score (nSPS) is 14.2. The van der Waals surface area contributed by atoms with Crippen LogP contribution < -0.4 is 24.8 Å². The summed E-state index contributed by atoms with van der Waals surface area (Å²) in [5, 5.41) is 6.50. The Kier molecular flexibility index (Phi) is 9.30. The molecule has 8 heteroatoms. The van der Waals surface area contributed by atoms with E-state index in [1.807, 2.05) is 25.1 Å². The number of guanidine groups is 1. The summed E-state index contributed by atoms with van der Waals surface area (Å²) in [5.41, 5.74) is 1.07. The van der Waals surface area contributed by atoms with Gasteiger partial charge in [-0.3, -0.25) is 4.99 Å². The van der Waals surface area contributed by atoms with Gasteiger partial charge in [0, 0.05) is 20.0 Å². The Morgan fingerprint density at radius 2 is 1.83 bits per heavy atom. The van der Waals surface area contributed by atoms with E-state index in [2.05, 4.69) is 15.6 Å². The zero-order chi connectivity index (χ0) is 19.8. The van der Waals surface area contributed by atoms with Crippen LogP contribution in [0, 0.1) is 5.82 Å². The maximum atomic E-state index is 13.0. The lowest BCUT2D eigenvalue weighted by Gasteiger charge is -2.18. The van der Waals surface area contributed by atoms with Crippen molar-refractivity contribution in [3.8, 4) is 17.2 Å². The fourth-order valence-corrected chi connectivity index (χ4v) is 2.75. The molecular weight excluding hydrogens is 488 g/mol. The molecule has 0 aromatic heterocycles. The Bertz CT molecular complexity index is 802. The average Bonchev–Trinajstić information content (AvgIpc) is 2.95. The molecule has 1 atom stereocenters. The molecule has 6 nitrogen and oxygen atoms in total. The molecule has 3 rings (SSSR count). The molecule has 0 spiro atoms. The maximum Gasteiger partial charge on any atom is 0.191 e. The van der Waals surface area contributed by atoms with E-state index < -0.39 is 0 Å². The van der Waals surface area contributed by atoms with Crippen molar-refractivity contribution in [1.29, 1.82) is 0 Å². The van der Waals surface area contributed by atoms with E-state index in [-0.39, 0.29) is 35.9 Å². The number of nitrogens with zero attached hydrogens (tertiary/aromatic N) is 1. The molecule has 0 fully saturated rings. The summed E-state index contributed by atoms with van der Waals surface area (Å²) >= 11 is 0. The van der Waals surface area contributed by atoms with Gasteiger partial charge in [0.1, 0.15) is 17.7 Å². The van der Waals surface area contributed by atoms with Crippen molar-refractivity contribution in [2.75, 3.05) is 26.8 Å². The molecule has 1 heterocycles. The first kappa shape index (κ1) is 23.1. The molecule has 1 unspecified atom stereocenters. The van der Waals surface area contributed by atoms with E-state index in [1.165, 1.54) is 12.1 Å². The fraction of sp³-hybridized carbons (Fsp3) is 0.381. The number of halogens is 2. The molecule has 0 radical (unpaired) electrons. The van der Waals surface area contributed by atoms with Crippen molar-refractivity contribution in [3.05, 3.63) is 53.8 Å². The Morgan fingerprint density at radius 3 is 2.55 bits per heavy atom. The van der Waals surface area contributed by atoms with Gasteiger partial charge in [-0.25, -0.2) is 4.39 Å². The van der Waals surface area contributed by atoms with Crippen LogP contribution in [0.5, 0.6) is 17.2 Å². The number of ether oxygens (including phenoxy) is 3. The summed E-state index contributed by atoms with van der Waals surface area (Å²) in [4.78, 5) is 4.23. The van der Waals surface area contributed by atoms with Gasteiger partial charge in [-0.2, -0.15) is 0 Å². The molecule has 2 N–H and O–H groups in total. The number of benzene rings is 2. The van der Waals surface area contributed by atoms with Gasteiger partial charge >= 0.3 is 0 Å². The monoisotopic (exact) mass is 515 g/mol. The first-order chi connectivity index (χ1) is 13.6. The predicted molar refractivity (Wildman–Crippen MR) is 122 cm³/mol. The van der Waals surface area contributed by atoms with Gasteiger partial charge < -0.3 is 24.8 Å². The molecule has 2 aromatic rings. The van der Waals surface area contributed by atoms with Crippen LogP contribution in [0.2, 0.25) is 0 Å². The van der Waals surface area contributed by atoms with Crippen molar-refractivity contribution >= 4 is 29.9 Å². The van der Waals surface area contributed by atoms with Crippen molar-refractivity contribution in [3.63, 3.8) is 0 Å². The van der Waals surface area contributed by atoms with E-state index in [0.717, 1.165) is 23.5 Å². The topological polar surface area (TPSA) is 64.1 Å². The largest absolute Gasteiger partial charge is 0.490 e. The molecule has 158 valence electrons. The summed E-state index contributed by atoms with van der Waals surface area (Å²) in [5.74, 6) is 2.58. The highest BCUT2D eigenvalue weighted by Crippen LogP contribution is 2.30. The van der Waals surface area contributed by atoms with Crippen LogP contribution in [0.3, 0.4) is 0 Å². The third-order valence-corrected chi connectivity index (χ3v) is 4.20. The molecule has 1 aliphatic heterocycles. The van der Waals surface area contributed by atoms with E-state index in [1.54, 1.807) is 19.2 Å². The van der Waals surface area contributed by atoms with Gasteiger partial charge in [-0.15, -0.1) is 24.0 Å². The van der Waals surface area contributed by atoms with Crippen LogP contribution in [-0.2, 0) is 6.54 Å². The molecule has 1 aliphatic rings. The van der Waals surface area contributed by atoms with Crippen LogP contribution in [-0.4, -0.2) is 38.9 Å². The lowest BCUT2D eigenvalue weighted by atomic mass is 10.2. The fourth-order valence-electron chi connectivity index (χ4n) is 2.75. The number of hydrogen-bond acceptors (Lipinski definition) is 4. The smallest absolute Gasteiger partial charge is 0.191 e. The molecule has 0 aliphatic carbocycles. The standard InChI is InChI=1S/C21H26FN3O3.HI/c1-15(28-18-7-5-17(22)6-8-18)13-24-21(23-2)25-14-16-4-9-19-20(12-16)27-11-3-10-26-19;/h4-9,12,15H,3,10-11,13-14H2,1-2H3,(H2,23,24,25);1H. The summed E-state index contributed by atoms with van der Waals surface area (Å²) < 4.78 is 30.1. The molecule has 2 aromatic carbocycles. The average molecular weight is 515 g/mol. The Balaban J connectivity index is 0.00000300. The van der Waals surface area contributed by atoms with Gasteiger partial charge in [0.05, 0.1) is 19.8 Å². The van der Waals surface area contributed by atoms with Crippen LogP contribution in [0.25, 0.3) is 0 Å². The van der Waals surface area contributed by atoms with Gasteiger partial charge in [0.15, 0.2) is 17.5 Å². The molecule has 0 saturated carbocycles. The van der Waals surface area contributed by atoms with Crippen LogP contribution in [0.1, 0.15) is 18.9 Å². The quantitative estimate of drug-likeness (QED) is 0.349. The minimum absolute atomic E-state index is 0. The first-order valence-electron chi connectivity index (χ1n) is 9.39. The number of rotatable bonds is 6. The van der Waals surface area contributed by atoms with Crippen molar-refractivity contribution in [2.45, 2.75) is 26.0 Å². The minimum atomic E-state index is -0.280. The second-order valence-corrected chi connectivity index (χ2v) is 6.52. The van der Waals surface area contributed by atoms with Crippen LogP contribution >= 0.6 is 24.0 Å². The van der Waals surface area contributed by atoms with Gasteiger partial charge in [-0.05, 0) is 48.9 Å². The molecule has 29 heavy (non-hydrogen) atoms. The number of hydrogen-bond donors (Lipinski definition) is 2. The Morgan fingerprint density at radius 1 is 1.10 bits per heavy atom. The summed E-state index contributed by atoms with van der Waals surface area (Å²) in [6.45, 7) is 4.44. The minimum Gasteiger partial charge on any atom is -0.490 e. The predicted octanol–water partition coefficient (Wildman–Crippen LogP) is 3.74. The molecule has 0 amide bonds. The van der Waals surface area contributed by atoms with Crippen molar-refractivity contribution in [2.24, 2.45) is 4.99 Å². The van der Waals surface area contributed by atoms with Crippen molar-refractivity contribution < 1.29 is 18.6 Å². The van der Waals surface area contributed by atoms with Crippen LogP contribution in [0.4, 0.5) is 4.39 Å². The zero-order valence-corrected chi connectivity index (χ0v) is 18.9. The first-order valence-corrected chi connectivity index (χ1v) is 9.39. The molecular formula is C21H27FIN3O3. The summed E-state index contributed by atoms with van der Waals surface area (Å²) in [6.07, 6.45) is 0.777. The highest BCUT2D eigenvalue weighted by atomic mass is 127. The molecule has 0 saturated heterocycles. The second-order valence-electron chi connectivity index (χ2n) is 6.52. The highest BCUT2D eigenvalue weighted by Gasteiger charge is 2.11. The van der Waals surface area contributed by atoms with Crippen LogP contribution in [0.15, 0.2) is 47.5 Å². The van der Waals surface area contributed by atoms with E-state index in [9.17, 15) is 4.39 Å². The van der Waals surface area contributed by atoms with E-state index in [4.69, 9.17) is 14.2 Å². The van der Waals surface area contributed by atoms with Gasteiger partial charge in [0.25, 0.3) is 0 Å². The Hall–Kier alpha value is -2.23. The third-order valence-electron chi connectivity index (χ3n) is 4.20. The summed E-state index contributed by atoms with van der Waals surface area (Å²) in [7, 11) is 1.72. The number of aliphatic imine (C=N–C) groups is 1. The highest BCUT2D eigenvalue weighted by molar-refractivity contribution is 14.0. The third kappa shape index (κ3) is 7.26. The SMILES string of the molecule is CN=C(NCc1ccc2c(c1)OCCCO2)NCC(C)Oc1ccc(F)cc1.I. The van der Waals surface area contributed by atoms with Gasteiger partial charge in [0.2, 0.25) is 0 Å². The van der Waals surface area contributed by atoms with Gasteiger partial charge in [-0.1, -0.05) is 6.07 Å².